The normalized spacial score (nSPS) is 12.6. The first-order valence-corrected chi connectivity index (χ1v) is 6.84. The Morgan fingerprint density at radius 1 is 0.880 bits per heavy atom. The minimum atomic E-state index is -4.61. The zero-order chi connectivity index (χ0) is 18.2. The summed E-state index contributed by atoms with van der Waals surface area (Å²) in [5.74, 6) is -1.30. The standard InChI is InChI=1S/C15H9F6N3O/c16-14(17,18)8-25-12-4-2-9(5-22-12)10-1-3-11-6-23-13(15(19,20)21)24(11)7-10/h1-7H,8H2. The molecule has 0 amide bonds. The number of halogens is 6. The molecule has 0 aromatic carbocycles. The van der Waals surface area contributed by atoms with Gasteiger partial charge in [-0.15, -0.1) is 0 Å². The van der Waals surface area contributed by atoms with E-state index in [-0.39, 0.29) is 11.4 Å². The Hall–Kier alpha value is -2.78. The second kappa shape index (κ2) is 5.94. The highest BCUT2D eigenvalue weighted by Crippen LogP contribution is 2.30. The molecular weight excluding hydrogens is 352 g/mol. The van der Waals surface area contributed by atoms with Crippen molar-refractivity contribution in [1.29, 1.82) is 0 Å². The average molecular weight is 361 g/mol. The second-order valence-electron chi connectivity index (χ2n) is 5.08. The number of alkyl halides is 6. The summed E-state index contributed by atoms with van der Waals surface area (Å²) in [5.41, 5.74) is 1.07. The zero-order valence-electron chi connectivity index (χ0n) is 12.3. The summed E-state index contributed by atoms with van der Waals surface area (Å²) >= 11 is 0. The van der Waals surface area contributed by atoms with Gasteiger partial charge in [-0.05, 0) is 17.7 Å². The third kappa shape index (κ3) is 3.83. The minimum absolute atomic E-state index is 0.235. The lowest BCUT2D eigenvalue weighted by molar-refractivity contribution is -0.154. The number of aromatic nitrogens is 3. The van der Waals surface area contributed by atoms with Gasteiger partial charge in [0.1, 0.15) is 0 Å². The van der Waals surface area contributed by atoms with Gasteiger partial charge >= 0.3 is 12.4 Å². The molecular formula is C15H9F6N3O. The molecule has 3 heterocycles. The van der Waals surface area contributed by atoms with Crippen LogP contribution in [0.15, 0.2) is 42.9 Å². The molecule has 0 aliphatic carbocycles. The molecule has 3 aromatic heterocycles. The number of fused-ring (bicyclic) bond motifs is 1. The Morgan fingerprint density at radius 2 is 1.60 bits per heavy atom. The van der Waals surface area contributed by atoms with Gasteiger partial charge in [-0.2, -0.15) is 26.3 Å². The second-order valence-corrected chi connectivity index (χ2v) is 5.08. The largest absolute Gasteiger partial charge is 0.468 e. The Labute approximate surface area is 136 Å². The van der Waals surface area contributed by atoms with E-state index in [4.69, 9.17) is 0 Å². The van der Waals surface area contributed by atoms with Crippen LogP contribution in [0, 0.1) is 0 Å². The highest BCUT2D eigenvalue weighted by Gasteiger charge is 2.35. The van der Waals surface area contributed by atoms with Crippen molar-refractivity contribution in [3.8, 4) is 17.0 Å². The molecule has 25 heavy (non-hydrogen) atoms. The van der Waals surface area contributed by atoms with Crippen molar-refractivity contribution in [2.45, 2.75) is 12.4 Å². The molecule has 0 aliphatic rings. The Kier molecular flexibility index (Phi) is 4.05. The maximum absolute atomic E-state index is 12.9. The van der Waals surface area contributed by atoms with Gasteiger partial charge in [0.15, 0.2) is 6.61 Å². The number of hydrogen-bond acceptors (Lipinski definition) is 3. The van der Waals surface area contributed by atoms with E-state index in [1.54, 1.807) is 6.07 Å². The molecule has 0 spiro atoms. The number of nitrogens with zero attached hydrogens (tertiary/aromatic N) is 3. The molecule has 0 saturated heterocycles. The van der Waals surface area contributed by atoms with E-state index in [9.17, 15) is 26.3 Å². The fourth-order valence-corrected chi connectivity index (χ4v) is 2.16. The first-order chi connectivity index (χ1) is 11.6. The van der Waals surface area contributed by atoms with Crippen molar-refractivity contribution in [3.05, 3.63) is 48.7 Å². The van der Waals surface area contributed by atoms with E-state index in [0.29, 0.717) is 11.1 Å². The Bertz CT molecular complexity index is 883. The number of imidazole rings is 1. The van der Waals surface area contributed by atoms with Gasteiger partial charge in [-0.25, -0.2) is 9.97 Å². The summed E-state index contributed by atoms with van der Waals surface area (Å²) in [6, 6.07) is 5.63. The molecule has 0 fully saturated rings. The number of rotatable bonds is 3. The molecule has 0 bridgehead atoms. The van der Waals surface area contributed by atoms with Crippen LogP contribution in [-0.4, -0.2) is 27.2 Å². The molecule has 0 atom stereocenters. The van der Waals surface area contributed by atoms with Crippen molar-refractivity contribution >= 4 is 5.52 Å². The van der Waals surface area contributed by atoms with Crippen LogP contribution in [0.2, 0.25) is 0 Å². The number of hydrogen-bond donors (Lipinski definition) is 0. The summed E-state index contributed by atoms with van der Waals surface area (Å²) in [4.78, 5) is 7.09. The summed E-state index contributed by atoms with van der Waals surface area (Å²) in [6.45, 7) is -1.48. The summed E-state index contributed by atoms with van der Waals surface area (Å²) in [6.07, 6.45) is -5.55. The Balaban J connectivity index is 1.89. The smallest absolute Gasteiger partial charge is 0.450 e. The fourth-order valence-electron chi connectivity index (χ4n) is 2.16. The predicted molar refractivity (Wildman–Crippen MR) is 75.0 cm³/mol. The van der Waals surface area contributed by atoms with Crippen molar-refractivity contribution in [2.24, 2.45) is 0 Å². The van der Waals surface area contributed by atoms with Crippen LogP contribution in [0.4, 0.5) is 26.3 Å². The van der Waals surface area contributed by atoms with Crippen molar-refractivity contribution in [1.82, 2.24) is 14.4 Å². The lowest BCUT2D eigenvalue weighted by Crippen LogP contribution is -2.19. The molecule has 3 rings (SSSR count). The quantitative estimate of drug-likeness (QED) is 0.651. The molecule has 10 heteroatoms. The lowest BCUT2D eigenvalue weighted by Gasteiger charge is -2.09. The van der Waals surface area contributed by atoms with E-state index < -0.39 is 24.8 Å². The van der Waals surface area contributed by atoms with Gasteiger partial charge in [-0.1, -0.05) is 6.07 Å². The molecule has 0 N–H and O–H groups in total. The van der Waals surface area contributed by atoms with Crippen LogP contribution in [0.25, 0.3) is 16.6 Å². The van der Waals surface area contributed by atoms with Gasteiger partial charge in [0.05, 0.1) is 11.7 Å². The minimum Gasteiger partial charge on any atom is -0.468 e. The summed E-state index contributed by atoms with van der Waals surface area (Å²) < 4.78 is 80.4. The molecule has 0 unspecified atom stereocenters. The van der Waals surface area contributed by atoms with Crippen molar-refractivity contribution in [3.63, 3.8) is 0 Å². The van der Waals surface area contributed by atoms with Gasteiger partial charge in [-0.3, -0.25) is 4.40 Å². The van der Waals surface area contributed by atoms with E-state index >= 15 is 0 Å². The van der Waals surface area contributed by atoms with E-state index in [1.165, 1.54) is 30.6 Å². The summed E-state index contributed by atoms with van der Waals surface area (Å²) in [7, 11) is 0. The van der Waals surface area contributed by atoms with E-state index in [1.807, 2.05) is 0 Å². The number of ether oxygens (including phenoxy) is 1. The SMILES string of the molecule is FC(F)(F)COc1ccc(-c2ccc3cnc(C(F)(F)F)n3c2)cn1. The van der Waals surface area contributed by atoms with Gasteiger partial charge in [0.2, 0.25) is 11.7 Å². The fraction of sp³-hybridized carbons (Fsp3) is 0.200. The zero-order valence-corrected chi connectivity index (χ0v) is 12.3. The molecule has 4 nitrogen and oxygen atoms in total. The predicted octanol–water partition coefficient (Wildman–Crippen LogP) is 4.36. The lowest BCUT2D eigenvalue weighted by atomic mass is 10.1. The van der Waals surface area contributed by atoms with Crippen LogP contribution in [0.1, 0.15) is 5.82 Å². The first-order valence-electron chi connectivity index (χ1n) is 6.84. The van der Waals surface area contributed by atoms with E-state index in [0.717, 1.165) is 10.6 Å². The van der Waals surface area contributed by atoms with Crippen LogP contribution in [-0.2, 0) is 6.18 Å². The monoisotopic (exact) mass is 361 g/mol. The summed E-state index contributed by atoms with van der Waals surface area (Å²) in [5, 5.41) is 0. The van der Waals surface area contributed by atoms with Crippen LogP contribution in [0.3, 0.4) is 0 Å². The Morgan fingerprint density at radius 3 is 2.20 bits per heavy atom. The van der Waals surface area contributed by atoms with Gasteiger partial charge < -0.3 is 4.74 Å². The topological polar surface area (TPSA) is 39.4 Å². The van der Waals surface area contributed by atoms with Crippen LogP contribution in [0.5, 0.6) is 5.88 Å². The third-order valence-electron chi connectivity index (χ3n) is 3.23. The molecule has 0 radical (unpaired) electrons. The highest BCUT2D eigenvalue weighted by molar-refractivity contribution is 5.65. The van der Waals surface area contributed by atoms with Gasteiger partial charge in [0, 0.05) is 24.0 Å². The molecule has 132 valence electrons. The van der Waals surface area contributed by atoms with Crippen LogP contribution < -0.4 is 4.74 Å². The van der Waals surface area contributed by atoms with Crippen molar-refractivity contribution < 1.29 is 31.1 Å². The van der Waals surface area contributed by atoms with Crippen LogP contribution >= 0.6 is 0 Å². The molecule has 0 saturated carbocycles. The average Bonchev–Trinajstić information content (AvgIpc) is 2.96. The molecule has 0 aliphatic heterocycles. The van der Waals surface area contributed by atoms with Gasteiger partial charge in [0.25, 0.3) is 0 Å². The van der Waals surface area contributed by atoms with E-state index in [2.05, 4.69) is 14.7 Å². The maximum atomic E-state index is 12.9. The number of pyridine rings is 2. The third-order valence-corrected chi connectivity index (χ3v) is 3.23. The highest BCUT2D eigenvalue weighted by atomic mass is 19.4. The molecule has 3 aromatic rings. The maximum Gasteiger partial charge on any atom is 0.450 e. The van der Waals surface area contributed by atoms with Crippen molar-refractivity contribution in [2.75, 3.05) is 6.61 Å². The first kappa shape index (κ1) is 17.1.